The lowest BCUT2D eigenvalue weighted by Gasteiger charge is -2.04. The highest BCUT2D eigenvalue weighted by Crippen LogP contribution is 2.17. The fourth-order valence-corrected chi connectivity index (χ4v) is 0.897. The van der Waals surface area contributed by atoms with Gasteiger partial charge in [0.25, 0.3) is 0 Å². The average Bonchev–Trinajstić information content (AvgIpc) is 2.17. The summed E-state index contributed by atoms with van der Waals surface area (Å²) < 4.78 is 4.94. The number of hydrogen-bond donors (Lipinski definition) is 1. The molecular formula is C8H11N2O3+. The van der Waals surface area contributed by atoms with Gasteiger partial charge in [0.2, 0.25) is 0 Å². The second-order valence-corrected chi connectivity index (χ2v) is 2.47. The molecule has 5 heteroatoms. The van der Waals surface area contributed by atoms with Gasteiger partial charge in [-0.05, 0) is 24.3 Å². The second kappa shape index (κ2) is 3.75. The third-order valence-electron chi connectivity index (χ3n) is 1.70. The van der Waals surface area contributed by atoms with Gasteiger partial charge in [0.1, 0.15) is 16.3 Å². The Morgan fingerprint density at radius 1 is 1.38 bits per heavy atom. The quantitative estimate of drug-likeness (QED) is 0.716. The summed E-state index contributed by atoms with van der Waals surface area (Å²) in [6, 6.07) is 6.74. The fourth-order valence-electron chi connectivity index (χ4n) is 0.897. The van der Waals surface area contributed by atoms with E-state index in [1.165, 1.54) is 7.05 Å². The van der Waals surface area contributed by atoms with Crippen molar-refractivity contribution in [3.8, 4) is 5.75 Å². The fraction of sp³-hybridized carbons (Fsp3) is 0.250. The highest BCUT2D eigenvalue weighted by atomic mass is 16.7. The Bertz CT molecular complexity index is 297. The van der Waals surface area contributed by atoms with Gasteiger partial charge in [-0.1, -0.05) is 5.01 Å². The summed E-state index contributed by atoms with van der Waals surface area (Å²) in [6.07, 6.45) is 0. The number of rotatable bonds is 3. The standard InChI is InChI=1S/C8H11N2O3/c1-9(10(11)12)7-3-5-8(13-2)6-4-7/h3-6H,1-2H3,(H,11,12)/q+1. The van der Waals surface area contributed by atoms with Crippen molar-refractivity contribution in [1.29, 1.82) is 0 Å². The van der Waals surface area contributed by atoms with E-state index < -0.39 is 0 Å². The molecule has 0 spiro atoms. The maximum Gasteiger partial charge on any atom is 0.361 e. The predicted octanol–water partition coefficient (Wildman–Crippen LogP) is 1.21. The van der Waals surface area contributed by atoms with Crippen molar-refractivity contribution < 1.29 is 15.0 Å². The van der Waals surface area contributed by atoms with Crippen LogP contribution in [0.25, 0.3) is 0 Å². The number of anilines is 1. The molecule has 1 aromatic rings. The van der Waals surface area contributed by atoms with Gasteiger partial charge >= 0.3 is 5.03 Å². The Labute approximate surface area is 75.7 Å². The molecule has 0 bridgehead atoms. The molecule has 0 amide bonds. The first-order valence-electron chi connectivity index (χ1n) is 3.69. The summed E-state index contributed by atoms with van der Waals surface area (Å²) in [5.41, 5.74) is 0.582. The van der Waals surface area contributed by atoms with Crippen molar-refractivity contribution in [2.75, 3.05) is 19.2 Å². The molecule has 70 valence electrons. The van der Waals surface area contributed by atoms with Crippen molar-refractivity contribution in [3.05, 3.63) is 29.2 Å². The van der Waals surface area contributed by atoms with E-state index in [4.69, 9.17) is 9.94 Å². The lowest BCUT2D eigenvalue weighted by atomic mass is 10.3. The lowest BCUT2D eigenvalue weighted by molar-refractivity contribution is -0.797. The van der Waals surface area contributed by atoms with Crippen LogP contribution in [0.3, 0.4) is 0 Å². The zero-order valence-electron chi connectivity index (χ0n) is 7.47. The molecule has 0 saturated carbocycles. The van der Waals surface area contributed by atoms with Crippen LogP contribution in [0.4, 0.5) is 5.69 Å². The topological polar surface area (TPSA) is 52.8 Å². The van der Waals surface area contributed by atoms with Crippen LogP contribution >= 0.6 is 0 Å². The molecule has 1 aromatic carbocycles. The van der Waals surface area contributed by atoms with E-state index >= 15 is 0 Å². The van der Waals surface area contributed by atoms with Crippen LogP contribution in [0, 0.1) is 4.91 Å². The summed E-state index contributed by atoms with van der Waals surface area (Å²) in [4.78, 5) is 10.5. The average molecular weight is 183 g/mol. The van der Waals surface area contributed by atoms with Crippen molar-refractivity contribution in [1.82, 2.24) is 0 Å². The Morgan fingerprint density at radius 3 is 2.31 bits per heavy atom. The highest BCUT2D eigenvalue weighted by Gasteiger charge is 2.15. The van der Waals surface area contributed by atoms with E-state index in [0.717, 1.165) is 5.01 Å². The minimum Gasteiger partial charge on any atom is -0.497 e. The van der Waals surface area contributed by atoms with Crippen molar-refractivity contribution >= 4 is 5.69 Å². The molecule has 0 aromatic heterocycles. The van der Waals surface area contributed by atoms with Crippen LogP contribution < -0.4 is 9.75 Å². The van der Waals surface area contributed by atoms with Gasteiger partial charge < -0.3 is 4.74 Å². The van der Waals surface area contributed by atoms with Crippen LogP contribution in [-0.4, -0.2) is 24.4 Å². The first-order chi connectivity index (χ1) is 6.15. The van der Waals surface area contributed by atoms with E-state index in [9.17, 15) is 4.91 Å². The van der Waals surface area contributed by atoms with Crippen LogP contribution in [0.15, 0.2) is 24.3 Å². The van der Waals surface area contributed by atoms with E-state index in [1.807, 2.05) is 0 Å². The van der Waals surface area contributed by atoms with Gasteiger partial charge in [0.15, 0.2) is 0 Å². The van der Waals surface area contributed by atoms with Crippen LogP contribution in [0.1, 0.15) is 0 Å². The third-order valence-corrected chi connectivity index (χ3v) is 1.70. The number of hydrazine groups is 1. The number of ether oxygens (including phenoxy) is 1. The molecule has 0 saturated heterocycles. The number of methoxy groups -OCH3 is 1. The zero-order valence-corrected chi connectivity index (χ0v) is 7.47. The van der Waals surface area contributed by atoms with E-state index in [2.05, 4.69) is 0 Å². The maximum absolute atomic E-state index is 10.5. The summed E-state index contributed by atoms with van der Waals surface area (Å²) >= 11 is 0. The molecule has 0 aliphatic carbocycles. The van der Waals surface area contributed by atoms with Crippen molar-refractivity contribution in [2.24, 2.45) is 0 Å². The normalized spacial score (nSPS) is 9.38. The molecule has 0 atom stereocenters. The number of benzene rings is 1. The van der Waals surface area contributed by atoms with Gasteiger partial charge in [-0.3, -0.25) is 0 Å². The van der Waals surface area contributed by atoms with E-state index in [-0.39, 0.29) is 5.03 Å². The summed E-state index contributed by atoms with van der Waals surface area (Å²) in [6.45, 7) is 0. The summed E-state index contributed by atoms with van der Waals surface area (Å²) in [5, 5.41) is 9.39. The minimum absolute atomic E-state index is 0.234. The molecule has 0 unspecified atom stereocenters. The Hall–Kier alpha value is -1.78. The second-order valence-electron chi connectivity index (χ2n) is 2.47. The van der Waals surface area contributed by atoms with Crippen LogP contribution in [0.5, 0.6) is 5.75 Å². The monoisotopic (exact) mass is 183 g/mol. The molecule has 0 aliphatic rings. The van der Waals surface area contributed by atoms with Gasteiger partial charge in [0.05, 0.1) is 14.2 Å². The summed E-state index contributed by atoms with van der Waals surface area (Å²) in [5.74, 6) is 0.701. The number of nitrogens with zero attached hydrogens (tertiary/aromatic N) is 2. The van der Waals surface area contributed by atoms with Gasteiger partial charge in [0, 0.05) is 0 Å². The Balaban J connectivity index is 2.85. The molecule has 1 rings (SSSR count). The maximum atomic E-state index is 10.5. The molecule has 1 N–H and O–H groups in total. The number of hydrogen-bond acceptors (Lipinski definition) is 2. The van der Waals surface area contributed by atoms with Gasteiger partial charge in [-0.15, -0.1) is 0 Å². The lowest BCUT2D eigenvalue weighted by Crippen LogP contribution is -2.26. The van der Waals surface area contributed by atoms with Crippen molar-refractivity contribution in [2.45, 2.75) is 0 Å². The molecule has 0 aliphatic heterocycles. The largest absolute Gasteiger partial charge is 0.497 e. The SMILES string of the molecule is COc1ccc(N(C)[N+](=O)O)cc1. The molecular weight excluding hydrogens is 172 g/mol. The predicted molar refractivity (Wildman–Crippen MR) is 46.8 cm³/mol. The van der Waals surface area contributed by atoms with Crippen molar-refractivity contribution in [3.63, 3.8) is 0 Å². The van der Waals surface area contributed by atoms with Gasteiger partial charge in [-0.2, -0.15) is 0 Å². The molecule has 5 nitrogen and oxygen atoms in total. The Morgan fingerprint density at radius 2 is 1.92 bits per heavy atom. The zero-order chi connectivity index (χ0) is 9.84. The molecule has 0 radical (unpaired) electrons. The van der Waals surface area contributed by atoms with Crippen LogP contribution in [-0.2, 0) is 0 Å². The van der Waals surface area contributed by atoms with Crippen LogP contribution in [0.2, 0.25) is 0 Å². The van der Waals surface area contributed by atoms with E-state index in [1.54, 1.807) is 31.4 Å². The minimum atomic E-state index is -0.234. The summed E-state index contributed by atoms with van der Waals surface area (Å²) in [7, 11) is 3.01. The molecule has 0 heterocycles. The highest BCUT2D eigenvalue weighted by molar-refractivity contribution is 5.45. The first kappa shape index (κ1) is 9.31. The Kier molecular flexibility index (Phi) is 2.69. The smallest absolute Gasteiger partial charge is 0.361 e. The molecule has 0 fully saturated rings. The molecule has 13 heavy (non-hydrogen) atoms. The van der Waals surface area contributed by atoms with Gasteiger partial charge in [-0.25, -0.2) is 5.21 Å². The third kappa shape index (κ3) is 2.08. The van der Waals surface area contributed by atoms with E-state index in [0.29, 0.717) is 11.4 Å². The first-order valence-corrected chi connectivity index (χ1v) is 3.69.